The fraction of sp³-hybridized carbons (Fsp3) is 0.357. The molecule has 0 aliphatic rings. The molecule has 1 aromatic heterocycles. The number of imidazole rings is 1. The van der Waals surface area contributed by atoms with E-state index >= 15 is 0 Å². The molecule has 9 heteroatoms. The van der Waals surface area contributed by atoms with Crippen LogP contribution in [0, 0.1) is 0 Å². The van der Waals surface area contributed by atoms with Gasteiger partial charge >= 0.3 is 12.4 Å². The molecule has 126 valence electrons. The van der Waals surface area contributed by atoms with E-state index in [0.717, 1.165) is 0 Å². The van der Waals surface area contributed by atoms with Crippen LogP contribution in [0.25, 0.3) is 11.3 Å². The van der Waals surface area contributed by atoms with Gasteiger partial charge in [-0.05, 0) is 31.2 Å². The van der Waals surface area contributed by atoms with Gasteiger partial charge in [-0.25, -0.2) is 4.98 Å². The van der Waals surface area contributed by atoms with Crippen molar-refractivity contribution in [1.29, 1.82) is 0 Å². The third-order valence-electron chi connectivity index (χ3n) is 3.14. The second-order valence-corrected chi connectivity index (χ2v) is 4.93. The van der Waals surface area contributed by atoms with Gasteiger partial charge in [-0.1, -0.05) is 0 Å². The van der Waals surface area contributed by atoms with E-state index < -0.39 is 23.5 Å². The maximum absolute atomic E-state index is 12.8. The maximum Gasteiger partial charge on any atom is 0.416 e. The molecule has 0 spiro atoms. The summed E-state index contributed by atoms with van der Waals surface area (Å²) in [5.41, 5.74) is 2.48. The standard InChI is InChI=1S/C14H13F6N3/c15-13(16,17)9-4-8(5-10(6-9)14(18,19)20)11-7-22-12(23-11)2-1-3-21/h4-7H,1-3,21H2,(H,22,23). The predicted octanol–water partition coefficient (Wildman–Crippen LogP) is 4.01. The van der Waals surface area contributed by atoms with Crippen molar-refractivity contribution in [3.05, 3.63) is 41.3 Å². The van der Waals surface area contributed by atoms with Crippen LogP contribution in [0.4, 0.5) is 26.3 Å². The second-order valence-electron chi connectivity index (χ2n) is 4.93. The summed E-state index contributed by atoms with van der Waals surface area (Å²) in [5.74, 6) is 0.455. The predicted molar refractivity (Wildman–Crippen MR) is 71.4 cm³/mol. The van der Waals surface area contributed by atoms with E-state index in [-0.39, 0.29) is 17.3 Å². The minimum Gasteiger partial charge on any atom is -0.342 e. The van der Waals surface area contributed by atoms with E-state index in [1.807, 2.05) is 0 Å². The van der Waals surface area contributed by atoms with Gasteiger partial charge in [0.05, 0.1) is 23.0 Å². The number of rotatable bonds is 4. The smallest absolute Gasteiger partial charge is 0.342 e. The molecule has 0 aliphatic carbocycles. The van der Waals surface area contributed by atoms with Gasteiger partial charge in [-0.3, -0.25) is 0 Å². The number of alkyl halides is 6. The van der Waals surface area contributed by atoms with Crippen LogP contribution in [-0.2, 0) is 18.8 Å². The van der Waals surface area contributed by atoms with Gasteiger partial charge in [0.15, 0.2) is 0 Å². The topological polar surface area (TPSA) is 54.7 Å². The summed E-state index contributed by atoms with van der Waals surface area (Å²) in [5, 5.41) is 0. The summed E-state index contributed by atoms with van der Waals surface area (Å²) >= 11 is 0. The highest BCUT2D eigenvalue weighted by molar-refractivity contribution is 5.61. The molecule has 2 aromatic rings. The molecule has 3 N–H and O–H groups in total. The van der Waals surface area contributed by atoms with Crippen LogP contribution >= 0.6 is 0 Å². The number of nitrogens with zero attached hydrogens (tertiary/aromatic N) is 1. The van der Waals surface area contributed by atoms with Gasteiger partial charge in [-0.2, -0.15) is 26.3 Å². The molecule has 1 heterocycles. The van der Waals surface area contributed by atoms with E-state index in [1.54, 1.807) is 0 Å². The number of benzene rings is 1. The largest absolute Gasteiger partial charge is 0.416 e. The fourth-order valence-corrected chi connectivity index (χ4v) is 2.02. The van der Waals surface area contributed by atoms with Crippen molar-refractivity contribution in [1.82, 2.24) is 9.97 Å². The number of hydrogen-bond acceptors (Lipinski definition) is 2. The Kier molecular flexibility index (Phi) is 4.69. The zero-order valence-electron chi connectivity index (χ0n) is 11.7. The quantitative estimate of drug-likeness (QED) is 0.829. The molecule has 0 unspecified atom stereocenters. The Morgan fingerprint density at radius 3 is 2.00 bits per heavy atom. The Bertz CT molecular complexity index is 640. The first-order chi connectivity index (χ1) is 10.6. The number of nitrogens with one attached hydrogen (secondary N) is 1. The molecule has 0 saturated carbocycles. The molecule has 23 heavy (non-hydrogen) atoms. The lowest BCUT2D eigenvalue weighted by atomic mass is 10.0. The van der Waals surface area contributed by atoms with Gasteiger partial charge in [0.2, 0.25) is 0 Å². The third kappa shape index (κ3) is 4.25. The van der Waals surface area contributed by atoms with Crippen LogP contribution in [0.15, 0.2) is 24.4 Å². The summed E-state index contributed by atoms with van der Waals surface area (Å²) in [6.07, 6.45) is -7.48. The maximum atomic E-state index is 12.8. The van der Waals surface area contributed by atoms with E-state index in [4.69, 9.17) is 5.73 Å². The van der Waals surface area contributed by atoms with E-state index in [2.05, 4.69) is 9.97 Å². The molecule has 0 fully saturated rings. The first kappa shape index (κ1) is 17.3. The summed E-state index contributed by atoms with van der Waals surface area (Å²) < 4.78 is 76.9. The highest BCUT2D eigenvalue weighted by atomic mass is 19.4. The highest BCUT2D eigenvalue weighted by Gasteiger charge is 2.37. The van der Waals surface area contributed by atoms with Gasteiger partial charge in [-0.15, -0.1) is 0 Å². The van der Waals surface area contributed by atoms with Crippen molar-refractivity contribution in [3.63, 3.8) is 0 Å². The third-order valence-corrected chi connectivity index (χ3v) is 3.14. The molecular formula is C14H13F6N3. The van der Waals surface area contributed by atoms with Gasteiger partial charge in [0.25, 0.3) is 0 Å². The Balaban J connectivity index is 2.47. The first-order valence-corrected chi connectivity index (χ1v) is 6.65. The summed E-state index contributed by atoms with van der Waals surface area (Å²) in [7, 11) is 0. The van der Waals surface area contributed by atoms with Gasteiger partial charge < -0.3 is 10.7 Å². The molecular weight excluding hydrogens is 324 g/mol. The number of aromatic nitrogens is 2. The highest BCUT2D eigenvalue weighted by Crippen LogP contribution is 2.38. The van der Waals surface area contributed by atoms with Crippen LogP contribution in [0.2, 0.25) is 0 Å². The Labute approximate surface area is 127 Å². The molecule has 0 saturated heterocycles. The average molecular weight is 337 g/mol. The van der Waals surface area contributed by atoms with Crippen molar-refractivity contribution in [3.8, 4) is 11.3 Å². The molecule has 0 bridgehead atoms. The summed E-state index contributed by atoms with van der Waals surface area (Å²) in [6.45, 7) is 0.401. The van der Waals surface area contributed by atoms with Crippen LogP contribution in [0.5, 0.6) is 0 Å². The number of nitrogens with two attached hydrogens (primary N) is 1. The molecule has 0 aliphatic heterocycles. The van der Waals surface area contributed by atoms with Gasteiger partial charge in [0.1, 0.15) is 5.82 Å². The minimum absolute atomic E-state index is 0.0913. The number of halogens is 6. The van der Waals surface area contributed by atoms with Crippen molar-refractivity contribution in [2.75, 3.05) is 6.54 Å². The Morgan fingerprint density at radius 2 is 1.52 bits per heavy atom. The van der Waals surface area contributed by atoms with Crippen molar-refractivity contribution >= 4 is 0 Å². The SMILES string of the molecule is NCCCc1ncc(-c2cc(C(F)(F)F)cc(C(F)(F)F)c2)[nH]1. The Hall–Kier alpha value is -2.03. The van der Waals surface area contributed by atoms with Crippen LogP contribution < -0.4 is 5.73 Å². The number of hydrogen-bond donors (Lipinski definition) is 2. The normalized spacial score (nSPS) is 12.7. The lowest BCUT2D eigenvalue weighted by molar-refractivity contribution is -0.143. The lowest BCUT2D eigenvalue weighted by Crippen LogP contribution is -2.11. The van der Waals surface area contributed by atoms with Crippen LogP contribution in [0.1, 0.15) is 23.4 Å². The first-order valence-electron chi connectivity index (χ1n) is 6.65. The summed E-state index contributed by atoms with van der Waals surface area (Å²) in [6, 6.07) is 1.42. The van der Waals surface area contributed by atoms with Crippen molar-refractivity contribution < 1.29 is 26.3 Å². The number of H-pyrrole nitrogens is 1. The minimum atomic E-state index is -4.88. The average Bonchev–Trinajstić information content (AvgIpc) is 2.91. The molecule has 0 atom stereocenters. The monoisotopic (exact) mass is 337 g/mol. The van der Waals surface area contributed by atoms with Crippen molar-refractivity contribution in [2.45, 2.75) is 25.2 Å². The lowest BCUT2D eigenvalue weighted by Gasteiger charge is -2.13. The van der Waals surface area contributed by atoms with Crippen LogP contribution in [0.3, 0.4) is 0 Å². The fourth-order valence-electron chi connectivity index (χ4n) is 2.02. The summed E-state index contributed by atoms with van der Waals surface area (Å²) in [4.78, 5) is 6.66. The second kappa shape index (κ2) is 6.23. The van der Waals surface area contributed by atoms with E-state index in [1.165, 1.54) is 6.20 Å². The molecule has 3 nitrogen and oxygen atoms in total. The molecule has 1 aromatic carbocycles. The van der Waals surface area contributed by atoms with Gasteiger partial charge in [0, 0.05) is 12.0 Å². The zero-order valence-corrected chi connectivity index (χ0v) is 11.7. The molecule has 0 radical (unpaired) electrons. The number of aryl methyl sites for hydroxylation is 1. The van der Waals surface area contributed by atoms with E-state index in [0.29, 0.717) is 37.3 Å². The number of aromatic amines is 1. The van der Waals surface area contributed by atoms with Crippen LogP contribution in [-0.4, -0.2) is 16.5 Å². The van der Waals surface area contributed by atoms with E-state index in [9.17, 15) is 26.3 Å². The zero-order chi connectivity index (χ0) is 17.3. The molecule has 2 rings (SSSR count). The Morgan fingerprint density at radius 1 is 0.957 bits per heavy atom. The molecule has 0 amide bonds. The van der Waals surface area contributed by atoms with Crippen molar-refractivity contribution in [2.24, 2.45) is 5.73 Å².